The van der Waals surface area contributed by atoms with E-state index in [1.54, 1.807) is 17.0 Å². The molecule has 162 valence electrons. The normalized spacial score (nSPS) is 15.5. The Hall–Kier alpha value is -1.97. The van der Waals surface area contributed by atoms with E-state index in [0.29, 0.717) is 25.3 Å². The predicted molar refractivity (Wildman–Crippen MR) is 113 cm³/mol. The Kier molecular flexibility index (Phi) is 7.79. The van der Waals surface area contributed by atoms with Crippen LogP contribution >= 0.6 is 0 Å². The lowest BCUT2D eigenvalue weighted by atomic mass is 10.1. The zero-order valence-electron chi connectivity index (χ0n) is 17.7. The summed E-state index contributed by atoms with van der Waals surface area (Å²) in [7, 11) is -3.47. The minimum atomic E-state index is -3.47. The molecule has 0 bridgehead atoms. The third kappa shape index (κ3) is 7.09. The number of anilines is 1. The molecule has 29 heavy (non-hydrogen) atoms. The van der Waals surface area contributed by atoms with Gasteiger partial charge in [-0.15, -0.1) is 0 Å². The minimum absolute atomic E-state index is 0.0713. The van der Waals surface area contributed by atoms with Crippen molar-refractivity contribution in [3.05, 3.63) is 24.3 Å². The van der Waals surface area contributed by atoms with Crippen molar-refractivity contribution in [2.45, 2.75) is 51.0 Å². The Morgan fingerprint density at radius 3 is 2.10 bits per heavy atom. The average Bonchev–Trinajstić information content (AvgIpc) is 3.15. The first-order valence-corrected chi connectivity index (χ1v) is 11.4. The summed E-state index contributed by atoms with van der Waals surface area (Å²) in [4.78, 5) is 26.4. The number of amides is 2. The molecule has 1 fully saturated rings. The number of hydrogen-bond acceptors (Lipinski definition) is 5. The van der Waals surface area contributed by atoms with E-state index >= 15 is 0 Å². The Labute approximate surface area is 173 Å². The molecule has 1 aliphatic heterocycles. The van der Waals surface area contributed by atoms with Crippen LogP contribution in [0.25, 0.3) is 0 Å². The molecular formula is C20H32N4O4S. The monoisotopic (exact) mass is 424 g/mol. The summed E-state index contributed by atoms with van der Waals surface area (Å²) in [5.74, 6) is -0.394. The Bertz CT molecular complexity index is 810. The SMILES string of the molecule is CCN(CC(=O)Nc1ccc(S(=O)(=O)N2CCCC2)cc1)CC(=O)NC(C)(C)C. The van der Waals surface area contributed by atoms with Crippen LogP contribution in [0.15, 0.2) is 29.2 Å². The third-order valence-corrected chi connectivity index (χ3v) is 6.45. The number of rotatable bonds is 8. The Morgan fingerprint density at radius 1 is 1.03 bits per heavy atom. The largest absolute Gasteiger partial charge is 0.350 e. The standard InChI is InChI=1S/C20H32N4O4S/c1-5-23(15-19(26)22-20(2,3)4)14-18(25)21-16-8-10-17(11-9-16)29(27,28)24-12-6-7-13-24/h8-11H,5-7,12-15H2,1-4H3,(H,21,25)(H,22,26). The lowest BCUT2D eigenvalue weighted by Gasteiger charge is -2.24. The van der Waals surface area contributed by atoms with Gasteiger partial charge in [-0.2, -0.15) is 4.31 Å². The molecule has 2 rings (SSSR count). The number of sulfonamides is 1. The molecule has 0 atom stereocenters. The number of benzene rings is 1. The fourth-order valence-electron chi connectivity index (χ4n) is 3.13. The summed E-state index contributed by atoms with van der Waals surface area (Å²) >= 11 is 0. The summed E-state index contributed by atoms with van der Waals surface area (Å²) < 4.78 is 26.6. The fourth-order valence-corrected chi connectivity index (χ4v) is 4.65. The third-order valence-electron chi connectivity index (χ3n) is 4.54. The number of nitrogens with zero attached hydrogens (tertiary/aromatic N) is 2. The Balaban J connectivity index is 1.92. The van der Waals surface area contributed by atoms with Gasteiger partial charge in [0.25, 0.3) is 0 Å². The maximum atomic E-state index is 12.5. The van der Waals surface area contributed by atoms with Crippen molar-refractivity contribution in [1.82, 2.24) is 14.5 Å². The van der Waals surface area contributed by atoms with Crippen LogP contribution < -0.4 is 10.6 Å². The summed E-state index contributed by atoms with van der Waals surface area (Å²) in [6.45, 7) is 9.46. The van der Waals surface area contributed by atoms with Crippen LogP contribution in [0.1, 0.15) is 40.5 Å². The van der Waals surface area contributed by atoms with E-state index in [9.17, 15) is 18.0 Å². The van der Waals surface area contributed by atoms with Crippen LogP contribution in [0, 0.1) is 0 Å². The van der Waals surface area contributed by atoms with E-state index in [1.807, 2.05) is 27.7 Å². The lowest BCUT2D eigenvalue weighted by molar-refractivity contribution is -0.124. The first-order chi connectivity index (χ1) is 13.5. The second kappa shape index (κ2) is 9.69. The van der Waals surface area contributed by atoms with Gasteiger partial charge in [-0.05, 0) is 64.4 Å². The second-order valence-electron chi connectivity index (χ2n) is 8.29. The zero-order valence-corrected chi connectivity index (χ0v) is 18.5. The highest BCUT2D eigenvalue weighted by atomic mass is 32.2. The molecule has 0 saturated carbocycles. The zero-order chi connectivity index (χ0) is 21.7. The van der Waals surface area contributed by atoms with E-state index in [-0.39, 0.29) is 35.3 Å². The molecule has 1 aromatic carbocycles. The highest BCUT2D eigenvalue weighted by molar-refractivity contribution is 7.89. The van der Waals surface area contributed by atoms with E-state index < -0.39 is 10.0 Å². The van der Waals surface area contributed by atoms with Crippen molar-refractivity contribution in [1.29, 1.82) is 0 Å². The maximum Gasteiger partial charge on any atom is 0.243 e. The predicted octanol–water partition coefficient (Wildman–Crippen LogP) is 1.65. The highest BCUT2D eigenvalue weighted by Gasteiger charge is 2.27. The maximum absolute atomic E-state index is 12.5. The number of nitrogens with one attached hydrogen (secondary N) is 2. The first-order valence-electron chi connectivity index (χ1n) is 9.94. The van der Waals surface area contributed by atoms with Crippen molar-refractivity contribution >= 4 is 27.5 Å². The molecule has 0 spiro atoms. The van der Waals surface area contributed by atoms with Crippen molar-refractivity contribution in [2.24, 2.45) is 0 Å². The van der Waals surface area contributed by atoms with Crippen molar-refractivity contribution in [2.75, 3.05) is 38.0 Å². The molecule has 0 aromatic heterocycles. The van der Waals surface area contributed by atoms with Gasteiger partial charge in [0.2, 0.25) is 21.8 Å². The summed E-state index contributed by atoms with van der Waals surface area (Å²) in [6, 6.07) is 6.20. The molecule has 0 unspecified atom stereocenters. The topological polar surface area (TPSA) is 98.8 Å². The molecule has 0 radical (unpaired) electrons. The molecule has 1 heterocycles. The van der Waals surface area contributed by atoms with Gasteiger partial charge in [0, 0.05) is 24.3 Å². The first kappa shape index (κ1) is 23.3. The van der Waals surface area contributed by atoms with E-state index in [0.717, 1.165) is 12.8 Å². The van der Waals surface area contributed by atoms with Crippen LogP contribution in [-0.2, 0) is 19.6 Å². The van der Waals surface area contributed by atoms with E-state index in [1.165, 1.54) is 16.4 Å². The molecule has 8 nitrogen and oxygen atoms in total. The van der Waals surface area contributed by atoms with Gasteiger partial charge < -0.3 is 10.6 Å². The van der Waals surface area contributed by atoms with Gasteiger partial charge in [-0.1, -0.05) is 6.92 Å². The van der Waals surface area contributed by atoms with Crippen LogP contribution in [0.3, 0.4) is 0 Å². The minimum Gasteiger partial charge on any atom is -0.350 e. The summed E-state index contributed by atoms with van der Waals surface area (Å²) in [5.41, 5.74) is 0.196. The Morgan fingerprint density at radius 2 is 1.59 bits per heavy atom. The number of carbonyl (C=O) groups is 2. The van der Waals surface area contributed by atoms with Gasteiger partial charge in [0.05, 0.1) is 18.0 Å². The molecule has 9 heteroatoms. The van der Waals surface area contributed by atoms with Gasteiger partial charge in [-0.3, -0.25) is 14.5 Å². The quantitative estimate of drug-likeness (QED) is 0.661. The van der Waals surface area contributed by atoms with Gasteiger partial charge in [0.1, 0.15) is 0 Å². The molecule has 2 amide bonds. The van der Waals surface area contributed by atoms with Gasteiger partial charge in [0.15, 0.2) is 0 Å². The van der Waals surface area contributed by atoms with Gasteiger partial charge in [-0.25, -0.2) is 8.42 Å². The highest BCUT2D eigenvalue weighted by Crippen LogP contribution is 2.22. The van der Waals surface area contributed by atoms with Crippen molar-refractivity contribution < 1.29 is 18.0 Å². The second-order valence-corrected chi connectivity index (χ2v) is 10.2. The van der Waals surface area contributed by atoms with Crippen LogP contribution in [0.4, 0.5) is 5.69 Å². The van der Waals surface area contributed by atoms with Gasteiger partial charge >= 0.3 is 0 Å². The average molecular weight is 425 g/mol. The smallest absolute Gasteiger partial charge is 0.243 e. The van der Waals surface area contributed by atoms with E-state index in [4.69, 9.17) is 0 Å². The molecule has 1 saturated heterocycles. The lowest BCUT2D eigenvalue weighted by Crippen LogP contribution is -2.47. The molecule has 2 N–H and O–H groups in total. The number of carbonyl (C=O) groups excluding carboxylic acids is 2. The van der Waals surface area contributed by atoms with Crippen LogP contribution in [0.5, 0.6) is 0 Å². The molecular weight excluding hydrogens is 392 g/mol. The summed E-state index contributed by atoms with van der Waals surface area (Å²) in [5, 5.41) is 5.63. The number of likely N-dealkylation sites (N-methyl/N-ethyl adjacent to an activating group) is 1. The van der Waals surface area contributed by atoms with Crippen LogP contribution in [-0.4, -0.2) is 67.7 Å². The van der Waals surface area contributed by atoms with Crippen molar-refractivity contribution in [3.8, 4) is 0 Å². The fraction of sp³-hybridized carbons (Fsp3) is 0.600. The van der Waals surface area contributed by atoms with Crippen molar-refractivity contribution in [3.63, 3.8) is 0 Å². The molecule has 1 aliphatic rings. The number of hydrogen-bond donors (Lipinski definition) is 2. The summed E-state index contributed by atoms with van der Waals surface area (Å²) in [6.07, 6.45) is 1.77. The molecule has 0 aliphatic carbocycles. The molecule has 1 aromatic rings. The van der Waals surface area contributed by atoms with Crippen LogP contribution in [0.2, 0.25) is 0 Å². The van der Waals surface area contributed by atoms with E-state index in [2.05, 4.69) is 10.6 Å².